The lowest BCUT2D eigenvalue weighted by atomic mass is 10.1. The lowest BCUT2D eigenvalue weighted by Gasteiger charge is -2.13. The van der Waals surface area contributed by atoms with Gasteiger partial charge >= 0.3 is 0 Å². The summed E-state index contributed by atoms with van der Waals surface area (Å²) in [6.45, 7) is 8.07. The van der Waals surface area contributed by atoms with Crippen molar-refractivity contribution in [2.24, 2.45) is 0 Å². The molecular weight excluding hydrogens is 326 g/mol. The number of anilines is 2. The van der Waals surface area contributed by atoms with Gasteiger partial charge < -0.3 is 16.0 Å². The first-order valence-electron chi connectivity index (χ1n) is 8.91. The summed E-state index contributed by atoms with van der Waals surface area (Å²) in [6, 6.07) is 13.2. The molecule has 0 aliphatic carbocycles. The molecule has 0 spiro atoms. The highest BCUT2D eigenvalue weighted by Crippen LogP contribution is 2.16. The largest absolute Gasteiger partial charge is 0.376 e. The molecule has 0 bridgehead atoms. The van der Waals surface area contributed by atoms with E-state index in [0.717, 1.165) is 28.9 Å². The van der Waals surface area contributed by atoms with Crippen molar-refractivity contribution in [1.82, 2.24) is 5.32 Å². The fourth-order valence-corrected chi connectivity index (χ4v) is 2.43. The molecule has 0 heterocycles. The summed E-state index contributed by atoms with van der Waals surface area (Å²) < 4.78 is 0. The second-order valence-electron chi connectivity index (χ2n) is 6.58. The minimum absolute atomic E-state index is 0.108. The number of nitrogens with one attached hydrogen (secondary N) is 3. The van der Waals surface area contributed by atoms with Crippen molar-refractivity contribution in [1.29, 1.82) is 0 Å². The maximum atomic E-state index is 12.2. The molecule has 1 atom stereocenters. The molecule has 3 N–H and O–H groups in total. The van der Waals surface area contributed by atoms with Crippen molar-refractivity contribution >= 4 is 23.2 Å². The average Bonchev–Trinajstić information content (AvgIpc) is 2.63. The molecule has 0 aliphatic heterocycles. The maximum absolute atomic E-state index is 12.2. The SMILES string of the molecule is CCC(C)NC(=O)c1cccc(NCC(=O)Nc2cc(C)ccc2C)c1. The van der Waals surface area contributed by atoms with Crippen LogP contribution in [-0.4, -0.2) is 24.4 Å². The average molecular weight is 353 g/mol. The molecular formula is C21H27N3O2. The van der Waals surface area contributed by atoms with Crippen LogP contribution in [0.25, 0.3) is 0 Å². The smallest absolute Gasteiger partial charge is 0.251 e. The van der Waals surface area contributed by atoms with E-state index in [4.69, 9.17) is 0 Å². The topological polar surface area (TPSA) is 70.2 Å². The van der Waals surface area contributed by atoms with Gasteiger partial charge in [-0.15, -0.1) is 0 Å². The number of hydrogen-bond acceptors (Lipinski definition) is 3. The summed E-state index contributed by atoms with van der Waals surface area (Å²) in [5.74, 6) is -0.240. The van der Waals surface area contributed by atoms with Crippen LogP contribution in [0, 0.1) is 13.8 Å². The lowest BCUT2D eigenvalue weighted by Crippen LogP contribution is -2.31. The van der Waals surface area contributed by atoms with E-state index in [0.29, 0.717) is 5.56 Å². The van der Waals surface area contributed by atoms with Crippen LogP contribution >= 0.6 is 0 Å². The quantitative estimate of drug-likeness (QED) is 0.707. The van der Waals surface area contributed by atoms with Gasteiger partial charge in [-0.25, -0.2) is 0 Å². The Morgan fingerprint density at radius 2 is 1.85 bits per heavy atom. The highest BCUT2D eigenvalue weighted by atomic mass is 16.2. The third-order valence-corrected chi connectivity index (χ3v) is 4.23. The van der Waals surface area contributed by atoms with Gasteiger partial charge in [0.25, 0.3) is 5.91 Å². The van der Waals surface area contributed by atoms with Crippen molar-refractivity contribution in [3.05, 3.63) is 59.2 Å². The van der Waals surface area contributed by atoms with Gasteiger partial charge in [0.2, 0.25) is 5.91 Å². The molecule has 26 heavy (non-hydrogen) atoms. The lowest BCUT2D eigenvalue weighted by molar-refractivity contribution is -0.114. The van der Waals surface area contributed by atoms with Crippen molar-refractivity contribution in [3.63, 3.8) is 0 Å². The zero-order chi connectivity index (χ0) is 19.1. The van der Waals surface area contributed by atoms with Crippen molar-refractivity contribution in [2.75, 3.05) is 17.2 Å². The van der Waals surface area contributed by atoms with Crippen LogP contribution in [0.1, 0.15) is 41.8 Å². The van der Waals surface area contributed by atoms with Crippen LogP contribution in [0.4, 0.5) is 11.4 Å². The summed E-state index contributed by atoms with van der Waals surface area (Å²) >= 11 is 0. The monoisotopic (exact) mass is 353 g/mol. The van der Waals surface area contributed by atoms with Crippen LogP contribution < -0.4 is 16.0 Å². The first-order valence-corrected chi connectivity index (χ1v) is 8.91. The molecule has 0 aromatic heterocycles. The Kier molecular flexibility index (Phi) is 6.78. The second-order valence-corrected chi connectivity index (χ2v) is 6.58. The number of rotatable bonds is 7. The molecule has 0 radical (unpaired) electrons. The molecule has 1 unspecified atom stereocenters. The molecule has 2 aromatic carbocycles. The fraction of sp³-hybridized carbons (Fsp3) is 0.333. The predicted octanol–water partition coefficient (Wildman–Crippen LogP) is 3.88. The Hall–Kier alpha value is -2.82. The van der Waals surface area contributed by atoms with Gasteiger partial charge in [0.15, 0.2) is 0 Å². The van der Waals surface area contributed by atoms with E-state index in [1.807, 2.05) is 52.0 Å². The van der Waals surface area contributed by atoms with Gasteiger partial charge in [-0.3, -0.25) is 9.59 Å². The van der Waals surface area contributed by atoms with Crippen molar-refractivity contribution in [3.8, 4) is 0 Å². The number of aryl methyl sites for hydroxylation is 2. The molecule has 2 rings (SSSR count). The van der Waals surface area contributed by atoms with Gasteiger partial charge in [0, 0.05) is 23.0 Å². The predicted molar refractivity (Wildman–Crippen MR) is 107 cm³/mol. The Morgan fingerprint density at radius 3 is 2.58 bits per heavy atom. The van der Waals surface area contributed by atoms with Gasteiger partial charge in [-0.2, -0.15) is 0 Å². The van der Waals surface area contributed by atoms with Crippen LogP contribution in [0.5, 0.6) is 0 Å². The summed E-state index contributed by atoms with van der Waals surface area (Å²) in [7, 11) is 0. The normalized spacial score (nSPS) is 11.5. The first kappa shape index (κ1) is 19.5. The van der Waals surface area contributed by atoms with E-state index in [1.165, 1.54) is 0 Å². The number of hydrogen-bond donors (Lipinski definition) is 3. The van der Waals surface area contributed by atoms with E-state index in [-0.39, 0.29) is 24.4 Å². The molecule has 0 fully saturated rings. The zero-order valence-corrected chi connectivity index (χ0v) is 15.8. The molecule has 138 valence electrons. The van der Waals surface area contributed by atoms with E-state index in [1.54, 1.807) is 18.2 Å². The third-order valence-electron chi connectivity index (χ3n) is 4.23. The first-order chi connectivity index (χ1) is 12.4. The standard InChI is InChI=1S/C21H27N3O2/c1-5-16(4)23-21(26)17-7-6-8-18(12-17)22-13-20(25)24-19-11-14(2)9-10-15(19)3/h6-12,16,22H,5,13H2,1-4H3,(H,23,26)(H,24,25). The van der Waals surface area contributed by atoms with Crippen LogP contribution in [0.15, 0.2) is 42.5 Å². The molecule has 0 saturated carbocycles. The number of carbonyl (C=O) groups is 2. The van der Waals surface area contributed by atoms with Gasteiger partial charge in [-0.1, -0.05) is 25.1 Å². The van der Waals surface area contributed by atoms with E-state index in [9.17, 15) is 9.59 Å². The van der Waals surface area contributed by atoms with Crippen LogP contribution in [-0.2, 0) is 4.79 Å². The number of benzene rings is 2. The number of amides is 2. The Labute approximate surface area is 155 Å². The van der Waals surface area contributed by atoms with Gasteiger partial charge in [-0.05, 0) is 62.6 Å². The zero-order valence-electron chi connectivity index (χ0n) is 15.8. The van der Waals surface area contributed by atoms with Gasteiger partial charge in [0.05, 0.1) is 6.54 Å². The summed E-state index contributed by atoms with van der Waals surface area (Å²) in [4.78, 5) is 24.4. The van der Waals surface area contributed by atoms with Crippen LogP contribution in [0.2, 0.25) is 0 Å². The second kappa shape index (κ2) is 9.04. The minimum Gasteiger partial charge on any atom is -0.376 e. The molecule has 2 aromatic rings. The summed E-state index contributed by atoms with van der Waals surface area (Å²) in [6.07, 6.45) is 0.877. The molecule has 2 amide bonds. The minimum atomic E-state index is -0.131. The summed E-state index contributed by atoms with van der Waals surface area (Å²) in [5, 5.41) is 8.92. The van der Waals surface area contributed by atoms with Crippen LogP contribution in [0.3, 0.4) is 0 Å². The third kappa shape index (κ3) is 5.62. The molecule has 5 heteroatoms. The summed E-state index contributed by atoms with van der Waals surface area (Å²) in [5.41, 5.74) is 4.24. The molecule has 5 nitrogen and oxygen atoms in total. The van der Waals surface area contributed by atoms with Crippen molar-refractivity contribution < 1.29 is 9.59 Å². The van der Waals surface area contributed by atoms with E-state index >= 15 is 0 Å². The van der Waals surface area contributed by atoms with E-state index < -0.39 is 0 Å². The van der Waals surface area contributed by atoms with E-state index in [2.05, 4.69) is 16.0 Å². The maximum Gasteiger partial charge on any atom is 0.251 e. The molecule has 0 aliphatic rings. The van der Waals surface area contributed by atoms with Gasteiger partial charge in [0.1, 0.15) is 0 Å². The Bertz CT molecular complexity index is 787. The highest BCUT2D eigenvalue weighted by molar-refractivity contribution is 5.96. The number of carbonyl (C=O) groups excluding carboxylic acids is 2. The Balaban J connectivity index is 1.94. The molecule has 0 saturated heterocycles. The highest BCUT2D eigenvalue weighted by Gasteiger charge is 2.10. The fourth-order valence-electron chi connectivity index (χ4n) is 2.43. The Morgan fingerprint density at radius 1 is 1.08 bits per heavy atom. The van der Waals surface area contributed by atoms with Crippen molar-refractivity contribution in [2.45, 2.75) is 40.2 Å².